The van der Waals surface area contributed by atoms with E-state index in [9.17, 15) is 4.79 Å². The maximum Gasteiger partial charge on any atom is 0.268 e. The molecule has 90 valence electrons. The number of halogens is 1. The minimum atomic E-state index is -0.0887. The Morgan fingerprint density at radius 2 is 2.29 bits per heavy atom. The third kappa shape index (κ3) is 2.98. The van der Waals surface area contributed by atoms with E-state index in [0.717, 1.165) is 4.47 Å². The second kappa shape index (κ2) is 5.06. The number of amides is 1. The second-order valence-electron chi connectivity index (χ2n) is 3.88. The molecule has 2 rings (SSSR count). The summed E-state index contributed by atoms with van der Waals surface area (Å²) in [6.45, 7) is 4.05. The Bertz CT molecular complexity index is 532. The van der Waals surface area contributed by atoms with Crippen LogP contribution in [0, 0.1) is 6.92 Å². The van der Waals surface area contributed by atoms with E-state index >= 15 is 0 Å². The van der Waals surface area contributed by atoms with Gasteiger partial charge in [-0.1, -0.05) is 0 Å². The molecule has 2 aromatic heterocycles. The van der Waals surface area contributed by atoms with E-state index in [2.05, 4.69) is 45.3 Å². The topological polar surface area (TPSA) is 44.9 Å². The standard InChI is InChI=1S/C12H13BrN2OS/c1-7-3-4-11(17-7)8(2)15-12(16)10-5-9(13)6-14-10/h3-6,8,14H,1-2H3,(H,15,16). The molecule has 0 aromatic carbocycles. The number of hydrogen-bond acceptors (Lipinski definition) is 2. The zero-order chi connectivity index (χ0) is 12.4. The molecule has 0 saturated carbocycles. The molecule has 1 unspecified atom stereocenters. The summed E-state index contributed by atoms with van der Waals surface area (Å²) < 4.78 is 0.877. The van der Waals surface area contributed by atoms with Crippen molar-refractivity contribution < 1.29 is 4.79 Å². The molecule has 1 atom stereocenters. The zero-order valence-electron chi connectivity index (χ0n) is 9.58. The molecule has 0 fully saturated rings. The van der Waals surface area contributed by atoms with Crippen LogP contribution in [0.15, 0.2) is 28.9 Å². The predicted octanol–water partition coefficient (Wildman–Crippen LogP) is 3.64. The molecule has 3 nitrogen and oxygen atoms in total. The molecular weight excluding hydrogens is 300 g/mol. The molecule has 0 aliphatic carbocycles. The SMILES string of the molecule is Cc1ccc(C(C)NC(=O)c2cc(Br)c[nH]2)s1. The second-order valence-corrected chi connectivity index (χ2v) is 6.11. The van der Waals surface area contributed by atoms with Crippen molar-refractivity contribution in [2.24, 2.45) is 0 Å². The molecule has 5 heteroatoms. The highest BCUT2D eigenvalue weighted by atomic mass is 79.9. The average molecular weight is 313 g/mol. The third-order valence-corrected chi connectivity index (χ3v) is 4.07. The number of nitrogens with one attached hydrogen (secondary N) is 2. The van der Waals surface area contributed by atoms with Crippen LogP contribution < -0.4 is 5.32 Å². The number of carbonyl (C=O) groups excluding carboxylic acids is 1. The molecule has 2 heterocycles. The molecule has 0 radical (unpaired) electrons. The van der Waals surface area contributed by atoms with Gasteiger partial charge >= 0.3 is 0 Å². The summed E-state index contributed by atoms with van der Waals surface area (Å²) in [5.41, 5.74) is 0.567. The number of aryl methyl sites for hydroxylation is 1. The number of aromatic amines is 1. The van der Waals surface area contributed by atoms with E-state index in [1.54, 1.807) is 23.6 Å². The Labute approximate surface area is 112 Å². The molecule has 0 bridgehead atoms. The number of carbonyl (C=O) groups is 1. The van der Waals surface area contributed by atoms with Crippen LogP contribution in [0.3, 0.4) is 0 Å². The van der Waals surface area contributed by atoms with Crippen molar-refractivity contribution in [3.05, 3.63) is 44.3 Å². The van der Waals surface area contributed by atoms with Crippen LogP contribution >= 0.6 is 27.3 Å². The van der Waals surface area contributed by atoms with Gasteiger partial charge in [0.2, 0.25) is 0 Å². The Morgan fingerprint density at radius 1 is 1.53 bits per heavy atom. The van der Waals surface area contributed by atoms with E-state index in [1.165, 1.54) is 9.75 Å². The largest absolute Gasteiger partial charge is 0.356 e. The highest BCUT2D eigenvalue weighted by Crippen LogP contribution is 2.22. The van der Waals surface area contributed by atoms with Crippen LogP contribution in [-0.2, 0) is 0 Å². The first-order valence-corrected chi connectivity index (χ1v) is 6.88. The maximum atomic E-state index is 11.9. The van der Waals surface area contributed by atoms with E-state index < -0.39 is 0 Å². The van der Waals surface area contributed by atoms with Gasteiger partial charge in [-0.25, -0.2) is 0 Å². The van der Waals surface area contributed by atoms with Crippen LogP contribution in [0.4, 0.5) is 0 Å². The lowest BCUT2D eigenvalue weighted by atomic mass is 10.2. The smallest absolute Gasteiger partial charge is 0.268 e. The quantitative estimate of drug-likeness (QED) is 0.893. The molecule has 2 N–H and O–H groups in total. The first kappa shape index (κ1) is 12.4. The lowest BCUT2D eigenvalue weighted by Crippen LogP contribution is -2.26. The van der Waals surface area contributed by atoms with Crippen LogP contribution in [0.2, 0.25) is 0 Å². The Kier molecular flexibility index (Phi) is 3.69. The fourth-order valence-corrected chi connectivity index (χ4v) is 2.75. The molecular formula is C12H13BrN2OS. The Balaban J connectivity index is 2.04. The van der Waals surface area contributed by atoms with Gasteiger partial charge in [0.1, 0.15) is 5.69 Å². The highest BCUT2D eigenvalue weighted by molar-refractivity contribution is 9.10. The molecule has 0 aliphatic rings. The van der Waals surface area contributed by atoms with Crippen molar-refractivity contribution in [3.63, 3.8) is 0 Å². The number of thiophene rings is 1. The first-order chi connectivity index (χ1) is 8.06. The van der Waals surface area contributed by atoms with E-state index in [-0.39, 0.29) is 11.9 Å². The van der Waals surface area contributed by atoms with E-state index in [1.807, 2.05) is 6.92 Å². The minimum Gasteiger partial charge on any atom is -0.356 e. The summed E-state index contributed by atoms with van der Waals surface area (Å²) in [7, 11) is 0. The average Bonchev–Trinajstić information content (AvgIpc) is 2.87. The van der Waals surface area contributed by atoms with Gasteiger partial charge in [0.25, 0.3) is 5.91 Å². The van der Waals surface area contributed by atoms with Crippen molar-refractivity contribution in [2.75, 3.05) is 0 Å². The summed E-state index contributed by atoms with van der Waals surface area (Å²) in [4.78, 5) is 17.2. The normalized spacial score (nSPS) is 12.4. The lowest BCUT2D eigenvalue weighted by molar-refractivity contribution is 0.0936. The first-order valence-electron chi connectivity index (χ1n) is 5.27. The fourth-order valence-electron chi connectivity index (χ4n) is 1.53. The van der Waals surface area contributed by atoms with Crippen molar-refractivity contribution >= 4 is 33.2 Å². The maximum absolute atomic E-state index is 11.9. The number of H-pyrrole nitrogens is 1. The summed E-state index contributed by atoms with van der Waals surface area (Å²) in [5.74, 6) is -0.0887. The summed E-state index contributed by atoms with van der Waals surface area (Å²) in [6, 6.07) is 5.91. The molecule has 0 saturated heterocycles. The van der Waals surface area contributed by atoms with Gasteiger partial charge < -0.3 is 10.3 Å². The lowest BCUT2D eigenvalue weighted by Gasteiger charge is -2.11. The number of rotatable bonds is 3. The molecule has 1 amide bonds. The van der Waals surface area contributed by atoms with Gasteiger partial charge in [-0.3, -0.25) is 4.79 Å². The number of hydrogen-bond donors (Lipinski definition) is 2. The van der Waals surface area contributed by atoms with Crippen molar-refractivity contribution in [1.29, 1.82) is 0 Å². The molecule has 0 aliphatic heterocycles. The third-order valence-electron chi connectivity index (χ3n) is 2.43. The van der Waals surface area contributed by atoms with E-state index in [0.29, 0.717) is 5.69 Å². The van der Waals surface area contributed by atoms with Gasteiger partial charge in [-0.05, 0) is 48.0 Å². The van der Waals surface area contributed by atoms with Gasteiger partial charge in [-0.2, -0.15) is 0 Å². The van der Waals surface area contributed by atoms with Crippen molar-refractivity contribution in [3.8, 4) is 0 Å². The van der Waals surface area contributed by atoms with Crippen LogP contribution in [0.1, 0.15) is 33.2 Å². The monoisotopic (exact) mass is 312 g/mol. The zero-order valence-corrected chi connectivity index (χ0v) is 12.0. The summed E-state index contributed by atoms with van der Waals surface area (Å²) >= 11 is 5.01. The molecule has 17 heavy (non-hydrogen) atoms. The van der Waals surface area contributed by atoms with Crippen LogP contribution in [0.5, 0.6) is 0 Å². The Morgan fingerprint density at radius 3 is 2.82 bits per heavy atom. The summed E-state index contributed by atoms with van der Waals surface area (Å²) in [5, 5.41) is 2.96. The Hall–Kier alpha value is -1.07. The predicted molar refractivity (Wildman–Crippen MR) is 73.4 cm³/mol. The fraction of sp³-hybridized carbons (Fsp3) is 0.250. The van der Waals surface area contributed by atoms with Crippen LogP contribution in [0.25, 0.3) is 0 Å². The minimum absolute atomic E-state index is 0.0308. The molecule has 0 spiro atoms. The van der Waals surface area contributed by atoms with E-state index in [4.69, 9.17) is 0 Å². The van der Waals surface area contributed by atoms with Crippen molar-refractivity contribution in [1.82, 2.24) is 10.3 Å². The molecule has 2 aromatic rings. The van der Waals surface area contributed by atoms with Gasteiger partial charge in [0, 0.05) is 20.4 Å². The van der Waals surface area contributed by atoms with Gasteiger partial charge in [0.05, 0.1) is 6.04 Å². The highest BCUT2D eigenvalue weighted by Gasteiger charge is 2.13. The van der Waals surface area contributed by atoms with Crippen molar-refractivity contribution in [2.45, 2.75) is 19.9 Å². The summed E-state index contributed by atoms with van der Waals surface area (Å²) in [6.07, 6.45) is 1.74. The van der Waals surface area contributed by atoms with Gasteiger partial charge in [0.15, 0.2) is 0 Å². The van der Waals surface area contributed by atoms with Crippen LogP contribution in [-0.4, -0.2) is 10.9 Å². The number of aromatic nitrogens is 1. The van der Waals surface area contributed by atoms with Gasteiger partial charge in [-0.15, -0.1) is 11.3 Å².